The van der Waals surface area contributed by atoms with Crippen LogP contribution < -0.4 is 15.4 Å². The molecule has 0 radical (unpaired) electrons. The summed E-state index contributed by atoms with van der Waals surface area (Å²) in [7, 11) is 6.55. The zero-order valence-corrected chi connectivity index (χ0v) is 25.5. The molecule has 2 aliphatic rings. The standard InChI is InChI=1S/C29H41FN6O8/c1-33(2)12-11-31-28(42)22-6-9-25(38)34(3)16-26(39)36-15-19(32-24(37)8-10-27(40)41)14-20(36)17-44-23-7-5-18(30)13-21(23)29(43)35(22)4/h5,7,13,19-20,22H,6,8-12,14-17H2,1-4H3,(H,31,42)(H,32,37)(H,40,41)/t19-,20-,22-/m0/s1. The van der Waals surface area contributed by atoms with Crippen molar-refractivity contribution in [1.29, 1.82) is 0 Å². The van der Waals surface area contributed by atoms with Gasteiger partial charge in [0.1, 0.15) is 24.2 Å². The van der Waals surface area contributed by atoms with Gasteiger partial charge < -0.3 is 40.1 Å². The number of hydrogen-bond acceptors (Lipinski definition) is 8. The van der Waals surface area contributed by atoms with Gasteiger partial charge in [-0.15, -0.1) is 0 Å². The van der Waals surface area contributed by atoms with Crippen molar-refractivity contribution in [2.45, 2.75) is 50.2 Å². The molecule has 0 spiro atoms. The third kappa shape index (κ3) is 9.36. The quantitative estimate of drug-likeness (QED) is 0.348. The number of carboxylic acid groups (broad SMARTS) is 1. The van der Waals surface area contributed by atoms with Gasteiger partial charge in [-0.3, -0.25) is 28.8 Å². The third-order valence-electron chi connectivity index (χ3n) is 7.65. The molecule has 0 saturated carbocycles. The molecule has 3 rings (SSSR count). The summed E-state index contributed by atoms with van der Waals surface area (Å²) in [4.78, 5) is 82.2. The fraction of sp³-hybridized carbons (Fsp3) is 0.586. The van der Waals surface area contributed by atoms with Gasteiger partial charge >= 0.3 is 5.97 Å². The number of nitrogens with zero attached hydrogens (tertiary/aromatic N) is 4. The number of aliphatic carboxylic acids is 1. The predicted molar refractivity (Wildman–Crippen MR) is 155 cm³/mol. The number of benzene rings is 1. The summed E-state index contributed by atoms with van der Waals surface area (Å²) in [6.07, 6.45) is -0.487. The van der Waals surface area contributed by atoms with Crippen molar-refractivity contribution in [2.75, 3.05) is 61.0 Å². The van der Waals surface area contributed by atoms with Crippen LogP contribution in [0.2, 0.25) is 0 Å². The third-order valence-corrected chi connectivity index (χ3v) is 7.65. The number of hydrogen-bond donors (Lipinski definition) is 3. The normalized spacial score (nSPS) is 21.6. The van der Waals surface area contributed by atoms with Crippen LogP contribution in [-0.4, -0.2) is 139 Å². The highest BCUT2D eigenvalue weighted by molar-refractivity contribution is 5.99. The Kier molecular flexibility index (Phi) is 12.0. The Bertz CT molecular complexity index is 1260. The number of carboxylic acids is 1. The minimum absolute atomic E-state index is 0.0411. The van der Waals surface area contributed by atoms with Gasteiger partial charge in [0, 0.05) is 52.6 Å². The number of amides is 5. The molecule has 1 aromatic rings. The van der Waals surface area contributed by atoms with Crippen molar-refractivity contribution in [3.63, 3.8) is 0 Å². The smallest absolute Gasteiger partial charge is 0.303 e. The van der Waals surface area contributed by atoms with Crippen LogP contribution in [0.15, 0.2) is 18.2 Å². The highest BCUT2D eigenvalue weighted by atomic mass is 19.1. The number of carbonyl (C=O) groups excluding carboxylic acids is 5. The number of halogens is 1. The predicted octanol–water partition coefficient (Wildman–Crippen LogP) is -0.474. The number of nitrogens with one attached hydrogen (secondary N) is 2. The van der Waals surface area contributed by atoms with Crippen molar-refractivity contribution in [3.05, 3.63) is 29.6 Å². The summed E-state index contributed by atoms with van der Waals surface area (Å²) in [5, 5.41) is 14.4. The second kappa shape index (κ2) is 15.5. The Labute approximate surface area is 255 Å². The lowest BCUT2D eigenvalue weighted by molar-refractivity contribution is -0.140. The first kappa shape index (κ1) is 34.2. The molecule has 3 N–H and O–H groups in total. The fourth-order valence-electron chi connectivity index (χ4n) is 5.17. The zero-order chi connectivity index (χ0) is 32.6. The molecule has 15 heteroatoms. The lowest BCUT2D eigenvalue weighted by Crippen LogP contribution is -2.49. The lowest BCUT2D eigenvalue weighted by atomic mass is 10.1. The summed E-state index contributed by atoms with van der Waals surface area (Å²) in [5.41, 5.74) is -0.133. The fourth-order valence-corrected chi connectivity index (χ4v) is 5.17. The van der Waals surface area contributed by atoms with Crippen LogP contribution in [-0.2, 0) is 24.0 Å². The van der Waals surface area contributed by atoms with Crippen LogP contribution in [0.3, 0.4) is 0 Å². The molecule has 3 atom stereocenters. The topological polar surface area (TPSA) is 169 Å². The Balaban J connectivity index is 1.90. The van der Waals surface area contributed by atoms with Gasteiger partial charge in [-0.1, -0.05) is 0 Å². The van der Waals surface area contributed by atoms with Crippen molar-refractivity contribution < 1.29 is 43.0 Å². The molecule has 44 heavy (non-hydrogen) atoms. The number of fused-ring (bicyclic) bond motifs is 2. The van der Waals surface area contributed by atoms with Crippen LogP contribution in [0.5, 0.6) is 5.75 Å². The summed E-state index contributed by atoms with van der Waals surface area (Å²) >= 11 is 0. The summed E-state index contributed by atoms with van der Waals surface area (Å²) in [6, 6.07) is 1.29. The molecule has 5 amide bonds. The van der Waals surface area contributed by atoms with E-state index in [1.165, 1.54) is 30.0 Å². The molecule has 1 saturated heterocycles. The molecule has 0 aliphatic carbocycles. The van der Waals surface area contributed by atoms with Crippen LogP contribution in [0.4, 0.5) is 4.39 Å². The molecular formula is C29H41FN6O8. The first-order valence-corrected chi connectivity index (χ1v) is 14.4. The number of carbonyl (C=O) groups is 6. The maximum Gasteiger partial charge on any atom is 0.303 e. The maximum absolute atomic E-state index is 14.4. The molecule has 2 heterocycles. The van der Waals surface area contributed by atoms with Gasteiger partial charge in [0.2, 0.25) is 23.6 Å². The van der Waals surface area contributed by atoms with E-state index in [0.29, 0.717) is 13.1 Å². The number of ether oxygens (including phenoxy) is 1. The monoisotopic (exact) mass is 620 g/mol. The van der Waals surface area contributed by atoms with E-state index in [1.807, 2.05) is 19.0 Å². The molecule has 1 fully saturated rings. The molecular weight excluding hydrogens is 579 g/mol. The summed E-state index contributed by atoms with van der Waals surface area (Å²) in [6.45, 7) is 0.562. The van der Waals surface area contributed by atoms with Crippen molar-refractivity contribution in [3.8, 4) is 5.75 Å². The number of rotatable bonds is 8. The van der Waals surface area contributed by atoms with Gasteiger partial charge in [0.25, 0.3) is 5.91 Å². The molecule has 0 bridgehead atoms. The van der Waals surface area contributed by atoms with E-state index in [4.69, 9.17) is 9.84 Å². The van der Waals surface area contributed by atoms with E-state index in [0.717, 1.165) is 17.0 Å². The SMILES string of the molecule is CN(C)CCNC(=O)[C@@H]1CCC(=O)N(C)CC(=O)N2C[C@@H](NC(=O)CCC(=O)O)C[C@H]2COc2ccc(F)cc2C(=O)N1C. The lowest BCUT2D eigenvalue weighted by Gasteiger charge is -2.28. The van der Waals surface area contributed by atoms with E-state index in [9.17, 15) is 33.2 Å². The minimum Gasteiger partial charge on any atom is -0.491 e. The Morgan fingerprint density at radius 2 is 1.84 bits per heavy atom. The van der Waals surface area contributed by atoms with E-state index >= 15 is 0 Å². The van der Waals surface area contributed by atoms with E-state index in [1.54, 1.807) is 0 Å². The zero-order valence-electron chi connectivity index (χ0n) is 25.5. The summed E-state index contributed by atoms with van der Waals surface area (Å²) < 4.78 is 20.4. The van der Waals surface area contributed by atoms with Gasteiger partial charge in [0.05, 0.1) is 24.6 Å². The molecule has 0 aromatic heterocycles. The first-order valence-electron chi connectivity index (χ1n) is 14.4. The molecule has 2 aliphatic heterocycles. The highest BCUT2D eigenvalue weighted by Gasteiger charge is 2.38. The molecule has 242 valence electrons. The van der Waals surface area contributed by atoms with Crippen LogP contribution >= 0.6 is 0 Å². The van der Waals surface area contributed by atoms with Gasteiger partial charge in [0.15, 0.2) is 0 Å². The molecule has 1 aromatic carbocycles. The van der Waals surface area contributed by atoms with E-state index < -0.39 is 59.4 Å². The largest absolute Gasteiger partial charge is 0.491 e. The van der Waals surface area contributed by atoms with Crippen molar-refractivity contribution in [1.82, 2.24) is 30.2 Å². The maximum atomic E-state index is 14.4. The van der Waals surface area contributed by atoms with Crippen LogP contribution in [0.1, 0.15) is 42.5 Å². The van der Waals surface area contributed by atoms with Crippen molar-refractivity contribution in [2.24, 2.45) is 0 Å². The van der Waals surface area contributed by atoms with E-state index in [-0.39, 0.29) is 63.1 Å². The summed E-state index contributed by atoms with van der Waals surface area (Å²) in [5.74, 6) is -4.23. The minimum atomic E-state index is -1.11. The van der Waals surface area contributed by atoms with Gasteiger partial charge in [-0.05, 0) is 45.1 Å². The Hall–Kier alpha value is -4.27. The average Bonchev–Trinajstić information content (AvgIpc) is 3.36. The first-order chi connectivity index (χ1) is 20.8. The van der Waals surface area contributed by atoms with Gasteiger partial charge in [-0.2, -0.15) is 0 Å². The molecule has 0 unspecified atom stereocenters. The second-order valence-corrected chi connectivity index (χ2v) is 11.4. The van der Waals surface area contributed by atoms with Crippen molar-refractivity contribution >= 4 is 35.5 Å². The number of likely N-dealkylation sites (N-methyl/N-ethyl adjacent to an activating group) is 3. The van der Waals surface area contributed by atoms with Gasteiger partial charge in [-0.25, -0.2) is 4.39 Å². The average molecular weight is 621 g/mol. The van der Waals surface area contributed by atoms with Crippen LogP contribution in [0.25, 0.3) is 0 Å². The molecule has 14 nitrogen and oxygen atoms in total. The Morgan fingerprint density at radius 3 is 2.52 bits per heavy atom. The Morgan fingerprint density at radius 1 is 1.11 bits per heavy atom. The van der Waals surface area contributed by atoms with E-state index in [2.05, 4.69) is 10.6 Å². The highest BCUT2D eigenvalue weighted by Crippen LogP contribution is 2.26. The second-order valence-electron chi connectivity index (χ2n) is 11.4. The van der Waals surface area contributed by atoms with Crippen LogP contribution in [0, 0.1) is 5.82 Å².